The van der Waals surface area contributed by atoms with Crippen molar-refractivity contribution in [3.05, 3.63) is 54.4 Å². The van der Waals surface area contributed by atoms with Crippen molar-refractivity contribution in [3.8, 4) is 0 Å². The molecule has 0 aliphatic heterocycles. The van der Waals surface area contributed by atoms with Crippen molar-refractivity contribution in [2.45, 2.75) is 11.3 Å². The Hall–Kier alpha value is -1.39. The highest BCUT2D eigenvalue weighted by Crippen LogP contribution is 2.21. The molecule has 0 aliphatic rings. The Bertz CT molecular complexity index is 422. The molecular formula is C12H12N2OS. The number of aliphatic hydroxyl groups excluding tert-OH is 1. The maximum absolute atomic E-state index is 9.91. The van der Waals surface area contributed by atoms with E-state index in [1.165, 1.54) is 11.8 Å². The summed E-state index contributed by atoms with van der Waals surface area (Å²) < 4.78 is 0. The molecule has 0 aliphatic carbocycles. The van der Waals surface area contributed by atoms with Crippen LogP contribution in [0, 0.1) is 0 Å². The van der Waals surface area contributed by atoms with Crippen molar-refractivity contribution >= 4 is 11.8 Å². The summed E-state index contributed by atoms with van der Waals surface area (Å²) in [6.07, 6.45) is 2.92. The molecule has 1 N–H and O–H groups in total. The van der Waals surface area contributed by atoms with Crippen LogP contribution in [0.5, 0.6) is 0 Å². The molecular weight excluding hydrogens is 220 g/mol. The van der Waals surface area contributed by atoms with E-state index in [0.717, 1.165) is 5.56 Å². The van der Waals surface area contributed by atoms with Crippen molar-refractivity contribution in [2.75, 3.05) is 5.75 Å². The van der Waals surface area contributed by atoms with Gasteiger partial charge in [-0.1, -0.05) is 42.1 Å². The van der Waals surface area contributed by atoms with Crippen LogP contribution >= 0.6 is 11.8 Å². The van der Waals surface area contributed by atoms with Crippen LogP contribution in [-0.2, 0) is 0 Å². The van der Waals surface area contributed by atoms with E-state index in [9.17, 15) is 5.11 Å². The van der Waals surface area contributed by atoms with Gasteiger partial charge >= 0.3 is 0 Å². The summed E-state index contributed by atoms with van der Waals surface area (Å²) in [4.78, 5) is 8.17. The first kappa shape index (κ1) is 11.1. The number of hydrogen-bond donors (Lipinski definition) is 1. The van der Waals surface area contributed by atoms with Crippen molar-refractivity contribution < 1.29 is 5.11 Å². The van der Waals surface area contributed by atoms with Crippen LogP contribution in [0.2, 0.25) is 0 Å². The van der Waals surface area contributed by atoms with E-state index in [0.29, 0.717) is 10.9 Å². The molecule has 3 nitrogen and oxygen atoms in total. The summed E-state index contributed by atoms with van der Waals surface area (Å²) in [6.45, 7) is 0. The van der Waals surface area contributed by atoms with Gasteiger partial charge < -0.3 is 5.11 Å². The molecule has 0 spiro atoms. The van der Waals surface area contributed by atoms with Gasteiger partial charge in [-0.2, -0.15) is 0 Å². The molecule has 0 saturated heterocycles. The lowest BCUT2D eigenvalue weighted by atomic mass is 10.1. The van der Waals surface area contributed by atoms with E-state index >= 15 is 0 Å². The third-order valence-corrected chi connectivity index (χ3v) is 3.05. The first-order valence-corrected chi connectivity index (χ1v) is 5.97. The number of thioether (sulfide) groups is 1. The highest BCUT2D eigenvalue weighted by Gasteiger charge is 2.08. The van der Waals surface area contributed by atoms with Crippen LogP contribution in [0.15, 0.2) is 53.9 Å². The van der Waals surface area contributed by atoms with Gasteiger partial charge in [0.25, 0.3) is 0 Å². The molecule has 2 rings (SSSR count). The lowest BCUT2D eigenvalue weighted by Gasteiger charge is -2.09. The Kier molecular flexibility index (Phi) is 3.91. The zero-order valence-electron chi connectivity index (χ0n) is 8.65. The molecule has 16 heavy (non-hydrogen) atoms. The minimum atomic E-state index is -0.477. The zero-order valence-corrected chi connectivity index (χ0v) is 9.47. The number of nitrogens with zero attached hydrogens (tertiary/aromatic N) is 2. The third kappa shape index (κ3) is 3.05. The Labute approximate surface area is 98.6 Å². The molecule has 0 bridgehead atoms. The molecule has 1 aromatic carbocycles. The van der Waals surface area contributed by atoms with E-state index in [1.54, 1.807) is 18.5 Å². The standard InChI is InChI=1S/C12H12N2OS/c15-11(10-5-2-1-3-6-10)9-16-12-13-7-4-8-14-12/h1-8,11,15H,9H2. The first-order valence-electron chi connectivity index (χ1n) is 4.99. The summed E-state index contributed by atoms with van der Waals surface area (Å²) in [5.41, 5.74) is 0.922. The van der Waals surface area contributed by atoms with Crippen LogP contribution < -0.4 is 0 Å². The van der Waals surface area contributed by atoms with Gasteiger partial charge in [0.1, 0.15) is 0 Å². The number of rotatable bonds is 4. The zero-order chi connectivity index (χ0) is 11.2. The monoisotopic (exact) mass is 232 g/mol. The predicted octanol–water partition coefficient (Wildman–Crippen LogP) is 2.30. The van der Waals surface area contributed by atoms with Crippen molar-refractivity contribution in [1.82, 2.24) is 9.97 Å². The minimum Gasteiger partial charge on any atom is -0.388 e. The van der Waals surface area contributed by atoms with E-state index in [2.05, 4.69) is 9.97 Å². The molecule has 2 aromatic rings. The van der Waals surface area contributed by atoms with Gasteiger partial charge in [-0.25, -0.2) is 9.97 Å². The maximum Gasteiger partial charge on any atom is 0.187 e. The summed E-state index contributed by atoms with van der Waals surface area (Å²) in [5, 5.41) is 10.6. The minimum absolute atomic E-state index is 0.477. The van der Waals surface area contributed by atoms with Crippen molar-refractivity contribution in [2.24, 2.45) is 0 Å². The summed E-state index contributed by atoms with van der Waals surface area (Å²) in [6, 6.07) is 11.4. The van der Waals surface area contributed by atoms with Gasteiger partial charge in [0.15, 0.2) is 5.16 Å². The van der Waals surface area contributed by atoms with Crippen LogP contribution in [0.1, 0.15) is 11.7 Å². The van der Waals surface area contributed by atoms with Gasteiger partial charge in [0.05, 0.1) is 6.10 Å². The van der Waals surface area contributed by atoms with Gasteiger partial charge in [-0.05, 0) is 11.6 Å². The van der Waals surface area contributed by atoms with E-state index in [-0.39, 0.29) is 0 Å². The third-order valence-electron chi connectivity index (χ3n) is 2.10. The second-order valence-corrected chi connectivity index (χ2v) is 4.26. The lowest BCUT2D eigenvalue weighted by molar-refractivity contribution is 0.204. The van der Waals surface area contributed by atoms with Gasteiger partial charge in [-0.3, -0.25) is 0 Å². The molecule has 1 aromatic heterocycles. The maximum atomic E-state index is 9.91. The topological polar surface area (TPSA) is 46.0 Å². The Morgan fingerprint density at radius 3 is 2.44 bits per heavy atom. The van der Waals surface area contributed by atoms with E-state index < -0.39 is 6.10 Å². The fraction of sp³-hybridized carbons (Fsp3) is 0.167. The SMILES string of the molecule is OC(CSc1ncccn1)c1ccccc1. The molecule has 1 atom stereocenters. The summed E-state index contributed by atoms with van der Waals surface area (Å²) in [5.74, 6) is 0.564. The predicted molar refractivity (Wildman–Crippen MR) is 64.2 cm³/mol. The Balaban J connectivity index is 1.92. The number of hydrogen-bond acceptors (Lipinski definition) is 4. The van der Waals surface area contributed by atoms with Gasteiger partial charge in [-0.15, -0.1) is 0 Å². The van der Waals surface area contributed by atoms with Crippen LogP contribution in [-0.4, -0.2) is 20.8 Å². The molecule has 1 heterocycles. The molecule has 0 radical (unpaired) electrons. The molecule has 1 unspecified atom stereocenters. The van der Waals surface area contributed by atoms with E-state index in [4.69, 9.17) is 0 Å². The average Bonchev–Trinajstić information content (AvgIpc) is 2.38. The molecule has 0 fully saturated rings. The fourth-order valence-corrected chi connectivity index (χ4v) is 2.06. The number of benzene rings is 1. The molecule has 82 valence electrons. The quantitative estimate of drug-likeness (QED) is 0.649. The second kappa shape index (κ2) is 5.63. The number of aliphatic hydroxyl groups is 1. The van der Waals surface area contributed by atoms with Crippen LogP contribution in [0.4, 0.5) is 0 Å². The highest BCUT2D eigenvalue weighted by molar-refractivity contribution is 7.99. The Morgan fingerprint density at radius 2 is 1.75 bits per heavy atom. The average molecular weight is 232 g/mol. The molecule has 0 saturated carbocycles. The van der Waals surface area contributed by atoms with Crippen molar-refractivity contribution in [3.63, 3.8) is 0 Å². The molecule has 4 heteroatoms. The van der Waals surface area contributed by atoms with Crippen molar-refractivity contribution in [1.29, 1.82) is 0 Å². The second-order valence-electron chi connectivity index (χ2n) is 3.27. The van der Waals surface area contributed by atoms with Crippen LogP contribution in [0.3, 0.4) is 0 Å². The fourth-order valence-electron chi connectivity index (χ4n) is 1.28. The van der Waals surface area contributed by atoms with Gasteiger partial charge in [0.2, 0.25) is 0 Å². The lowest BCUT2D eigenvalue weighted by Crippen LogP contribution is -2.00. The van der Waals surface area contributed by atoms with Gasteiger partial charge in [0, 0.05) is 18.1 Å². The Morgan fingerprint density at radius 1 is 1.06 bits per heavy atom. The highest BCUT2D eigenvalue weighted by atomic mass is 32.2. The molecule has 0 amide bonds. The summed E-state index contributed by atoms with van der Waals surface area (Å²) >= 11 is 1.45. The first-order chi connectivity index (χ1) is 7.86. The smallest absolute Gasteiger partial charge is 0.187 e. The number of aromatic nitrogens is 2. The normalized spacial score (nSPS) is 12.3. The van der Waals surface area contributed by atoms with Crippen LogP contribution in [0.25, 0.3) is 0 Å². The largest absolute Gasteiger partial charge is 0.388 e. The summed E-state index contributed by atoms with van der Waals surface area (Å²) in [7, 11) is 0. The van der Waals surface area contributed by atoms with E-state index in [1.807, 2.05) is 30.3 Å².